The quantitative estimate of drug-likeness (QED) is 0.205. The molecule has 9 nitrogen and oxygen atoms in total. The van der Waals surface area contributed by atoms with E-state index in [4.69, 9.17) is 4.74 Å². The molecular formula is C31H23BrN2O7S. The molecular weight excluding hydrogens is 624 g/mol. The second kappa shape index (κ2) is 11.6. The number of carboxylic acid groups (broad SMARTS) is 1. The number of aromatic carboxylic acids is 1. The fraction of sp³-hybridized carbons (Fsp3) is 0.0645. The standard InChI is InChI=1S/C31H23BrN2O7S/c1-41-31(38)28-27(20-6-3-2-4-7-20)26-17-22(32)12-15-25(26)29(35)34(28)18-19-10-13-23(14-11-19)33-42(39,40)24-9-5-8-21(16-24)30(36)37/h2-17,33H,18H2,1H3,(H,36,37). The maximum Gasteiger partial charge on any atom is 0.355 e. The second-order valence-corrected chi connectivity index (χ2v) is 11.9. The summed E-state index contributed by atoms with van der Waals surface area (Å²) < 4.78 is 35.4. The van der Waals surface area contributed by atoms with Gasteiger partial charge in [0.2, 0.25) is 0 Å². The zero-order chi connectivity index (χ0) is 30.0. The molecule has 1 heterocycles. The van der Waals surface area contributed by atoms with Gasteiger partial charge in [0.05, 0.1) is 24.1 Å². The average Bonchev–Trinajstić information content (AvgIpc) is 2.99. The predicted molar refractivity (Wildman–Crippen MR) is 162 cm³/mol. The van der Waals surface area contributed by atoms with Crippen molar-refractivity contribution in [3.63, 3.8) is 0 Å². The third-order valence-electron chi connectivity index (χ3n) is 6.61. The molecule has 1 aromatic heterocycles. The van der Waals surface area contributed by atoms with Crippen LogP contribution in [0.2, 0.25) is 0 Å². The third-order valence-corrected chi connectivity index (χ3v) is 8.48. The highest BCUT2D eigenvalue weighted by Gasteiger charge is 2.24. The highest BCUT2D eigenvalue weighted by molar-refractivity contribution is 9.10. The summed E-state index contributed by atoms with van der Waals surface area (Å²) in [5, 5.41) is 10.2. The van der Waals surface area contributed by atoms with Gasteiger partial charge in [-0.3, -0.25) is 14.1 Å². The summed E-state index contributed by atoms with van der Waals surface area (Å²) in [5.41, 5.74) is 1.67. The lowest BCUT2D eigenvalue weighted by atomic mass is 9.96. The lowest BCUT2D eigenvalue weighted by molar-refractivity contribution is 0.0587. The van der Waals surface area contributed by atoms with E-state index in [1.54, 1.807) is 30.3 Å². The van der Waals surface area contributed by atoms with E-state index in [1.165, 1.54) is 42.0 Å². The number of pyridine rings is 1. The van der Waals surface area contributed by atoms with E-state index in [1.807, 2.05) is 30.3 Å². The Morgan fingerprint density at radius 2 is 1.62 bits per heavy atom. The van der Waals surface area contributed by atoms with Crippen LogP contribution in [-0.2, 0) is 21.3 Å². The number of anilines is 1. The molecule has 0 atom stereocenters. The minimum atomic E-state index is -4.07. The number of carbonyl (C=O) groups is 2. The maximum atomic E-state index is 13.8. The van der Waals surface area contributed by atoms with Crippen LogP contribution in [0.4, 0.5) is 5.69 Å². The molecule has 212 valence electrons. The molecule has 0 bridgehead atoms. The summed E-state index contributed by atoms with van der Waals surface area (Å²) in [5.74, 6) is -1.92. The minimum Gasteiger partial charge on any atom is -0.478 e. The van der Waals surface area contributed by atoms with E-state index >= 15 is 0 Å². The summed E-state index contributed by atoms with van der Waals surface area (Å²) in [4.78, 5) is 38.0. The summed E-state index contributed by atoms with van der Waals surface area (Å²) in [6.07, 6.45) is 0. The lowest BCUT2D eigenvalue weighted by Crippen LogP contribution is -2.28. The van der Waals surface area contributed by atoms with Crippen molar-refractivity contribution in [2.75, 3.05) is 11.8 Å². The first kappa shape index (κ1) is 28.8. The van der Waals surface area contributed by atoms with Gasteiger partial charge in [-0.25, -0.2) is 18.0 Å². The minimum absolute atomic E-state index is 0.00277. The van der Waals surface area contributed by atoms with Gasteiger partial charge in [-0.05, 0) is 65.0 Å². The van der Waals surface area contributed by atoms with Crippen LogP contribution in [0.1, 0.15) is 26.4 Å². The van der Waals surface area contributed by atoms with Gasteiger partial charge in [-0.2, -0.15) is 0 Å². The number of benzene rings is 4. The monoisotopic (exact) mass is 646 g/mol. The van der Waals surface area contributed by atoms with Crippen molar-refractivity contribution >= 4 is 54.4 Å². The first-order valence-corrected chi connectivity index (χ1v) is 14.8. The molecule has 0 radical (unpaired) electrons. The molecule has 0 fully saturated rings. The number of sulfonamides is 1. The molecule has 0 aliphatic heterocycles. The van der Waals surface area contributed by atoms with E-state index in [-0.39, 0.29) is 33.9 Å². The number of nitrogens with zero attached hydrogens (tertiary/aromatic N) is 1. The van der Waals surface area contributed by atoms with Crippen LogP contribution in [0.25, 0.3) is 21.9 Å². The molecule has 0 saturated heterocycles. The first-order valence-electron chi connectivity index (χ1n) is 12.5. The molecule has 0 aliphatic rings. The molecule has 5 aromatic rings. The molecule has 4 aromatic carbocycles. The number of nitrogens with one attached hydrogen (secondary N) is 1. The average molecular weight is 648 g/mol. The summed E-state index contributed by atoms with van der Waals surface area (Å²) in [6, 6.07) is 25.8. The number of esters is 1. The molecule has 2 N–H and O–H groups in total. The Labute approximate surface area is 249 Å². The Kier molecular flexibility index (Phi) is 7.97. The Morgan fingerprint density at radius 1 is 0.905 bits per heavy atom. The molecule has 0 unspecified atom stereocenters. The number of carbonyl (C=O) groups excluding carboxylic acids is 1. The normalized spacial score (nSPS) is 11.3. The molecule has 0 spiro atoms. The summed E-state index contributed by atoms with van der Waals surface area (Å²) in [7, 11) is -2.81. The van der Waals surface area contributed by atoms with Gasteiger partial charge in [-0.15, -0.1) is 0 Å². The largest absolute Gasteiger partial charge is 0.478 e. The smallest absolute Gasteiger partial charge is 0.355 e. The van der Waals surface area contributed by atoms with Crippen LogP contribution in [0.15, 0.2) is 111 Å². The molecule has 42 heavy (non-hydrogen) atoms. The Hall–Kier alpha value is -4.74. The van der Waals surface area contributed by atoms with E-state index in [0.717, 1.165) is 16.1 Å². The highest BCUT2D eigenvalue weighted by atomic mass is 79.9. The highest BCUT2D eigenvalue weighted by Crippen LogP contribution is 2.33. The second-order valence-electron chi connectivity index (χ2n) is 9.30. The number of carboxylic acids is 1. The molecule has 0 aliphatic carbocycles. The van der Waals surface area contributed by atoms with Crippen molar-refractivity contribution in [2.24, 2.45) is 0 Å². The van der Waals surface area contributed by atoms with Gasteiger partial charge in [0.15, 0.2) is 0 Å². The fourth-order valence-corrected chi connectivity index (χ4v) is 6.11. The Balaban J connectivity index is 1.56. The van der Waals surface area contributed by atoms with Gasteiger partial charge in [-0.1, -0.05) is 64.5 Å². The maximum absolute atomic E-state index is 13.8. The lowest BCUT2D eigenvalue weighted by Gasteiger charge is -2.19. The van der Waals surface area contributed by atoms with Gasteiger partial charge >= 0.3 is 11.9 Å². The summed E-state index contributed by atoms with van der Waals surface area (Å²) >= 11 is 3.47. The van der Waals surface area contributed by atoms with E-state index in [0.29, 0.717) is 21.9 Å². The first-order chi connectivity index (χ1) is 20.1. The zero-order valence-electron chi connectivity index (χ0n) is 22.1. The fourth-order valence-electron chi connectivity index (χ4n) is 4.65. The number of ether oxygens (including phenoxy) is 1. The van der Waals surface area contributed by atoms with Crippen LogP contribution in [0.5, 0.6) is 0 Å². The van der Waals surface area contributed by atoms with Crippen molar-refractivity contribution < 1.29 is 27.9 Å². The van der Waals surface area contributed by atoms with Gasteiger partial charge in [0, 0.05) is 21.1 Å². The van der Waals surface area contributed by atoms with Gasteiger partial charge in [0.25, 0.3) is 15.6 Å². The van der Waals surface area contributed by atoms with Crippen molar-refractivity contribution in [1.82, 2.24) is 4.57 Å². The number of rotatable bonds is 8. The van der Waals surface area contributed by atoms with Crippen LogP contribution in [0, 0.1) is 0 Å². The molecule has 0 amide bonds. The predicted octanol–water partition coefficient (Wildman–Crippen LogP) is 5.76. The van der Waals surface area contributed by atoms with Crippen molar-refractivity contribution in [3.05, 3.63) is 129 Å². The number of fused-ring (bicyclic) bond motifs is 1. The molecule has 0 saturated carbocycles. The Bertz CT molecular complexity index is 2010. The van der Waals surface area contributed by atoms with Crippen LogP contribution < -0.4 is 10.3 Å². The van der Waals surface area contributed by atoms with E-state index in [9.17, 15) is 27.9 Å². The number of hydrogen-bond donors (Lipinski definition) is 2. The van der Waals surface area contributed by atoms with E-state index in [2.05, 4.69) is 20.7 Å². The van der Waals surface area contributed by atoms with Crippen LogP contribution in [-0.4, -0.2) is 37.1 Å². The van der Waals surface area contributed by atoms with Gasteiger partial charge in [0.1, 0.15) is 5.69 Å². The van der Waals surface area contributed by atoms with Crippen molar-refractivity contribution in [3.8, 4) is 11.1 Å². The van der Waals surface area contributed by atoms with Crippen molar-refractivity contribution in [1.29, 1.82) is 0 Å². The topological polar surface area (TPSA) is 132 Å². The van der Waals surface area contributed by atoms with E-state index < -0.39 is 22.0 Å². The number of halogens is 1. The van der Waals surface area contributed by atoms with Crippen molar-refractivity contribution in [2.45, 2.75) is 11.4 Å². The van der Waals surface area contributed by atoms with Crippen LogP contribution >= 0.6 is 15.9 Å². The Morgan fingerprint density at radius 3 is 2.29 bits per heavy atom. The van der Waals surface area contributed by atoms with Crippen LogP contribution in [0.3, 0.4) is 0 Å². The molecule has 5 rings (SSSR count). The van der Waals surface area contributed by atoms with Gasteiger partial charge < -0.3 is 9.84 Å². The third kappa shape index (κ3) is 5.69. The molecule has 11 heteroatoms. The summed E-state index contributed by atoms with van der Waals surface area (Å²) in [6.45, 7) is 0.00277. The SMILES string of the molecule is COC(=O)c1c(-c2ccccc2)c2cc(Br)ccc2c(=O)n1Cc1ccc(NS(=O)(=O)c2cccc(C(=O)O)c2)cc1. The number of aromatic nitrogens is 1. The number of methoxy groups -OCH3 is 1. The zero-order valence-corrected chi connectivity index (χ0v) is 24.5. The number of hydrogen-bond acceptors (Lipinski definition) is 6.